The summed E-state index contributed by atoms with van der Waals surface area (Å²) in [5.41, 5.74) is 1.85. The van der Waals surface area contributed by atoms with Crippen molar-refractivity contribution in [1.29, 1.82) is 0 Å². The van der Waals surface area contributed by atoms with Gasteiger partial charge in [0, 0.05) is 37.5 Å². The minimum Gasteiger partial charge on any atom is -0.504 e. The number of nitrogens with zero attached hydrogens (tertiary/aromatic N) is 2. The van der Waals surface area contributed by atoms with Crippen molar-refractivity contribution in [1.82, 2.24) is 14.9 Å². The number of hydrogen-bond acceptors (Lipinski definition) is 6. The summed E-state index contributed by atoms with van der Waals surface area (Å²) in [6.07, 6.45) is 0.657. The fraction of sp³-hybridized carbons (Fsp3) is 0.412. The minimum atomic E-state index is -0.522. The van der Waals surface area contributed by atoms with E-state index in [1.165, 1.54) is 6.07 Å². The van der Waals surface area contributed by atoms with E-state index in [4.69, 9.17) is 0 Å². The number of benzene rings is 1. The second-order valence-electron chi connectivity index (χ2n) is 6.43. The lowest BCUT2D eigenvalue weighted by molar-refractivity contribution is 0.237. The average molecular weight is 331 g/mol. The molecule has 24 heavy (non-hydrogen) atoms. The molecule has 0 saturated heterocycles. The molecule has 1 aliphatic heterocycles. The Morgan fingerprint density at radius 1 is 1.25 bits per heavy atom. The van der Waals surface area contributed by atoms with E-state index in [1.54, 1.807) is 6.07 Å². The van der Waals surface area contributed by atoms with Crippen LogP contribution >= 0.6 is 0 Å². The van der Waals surface area contributed by atoms with E-state index in [0.717, 1.165) is 5.69 Å². The lowest BCUT2D eigenvalue weighted by Crippen LogP contribution is -2.36. The molecule has 2 heterocycles. The summed E-state index contributed by atoms with van der Waals surface area (Å²) >= 11 is 0. The maximum Gasteiger partial charge on any atom is 0.255 e. The standard InChI is InChI=1S/C17H21N3O4/c1-9(2)16-18-12-5-6-20(8-11(12)17(24)19-16)7-10-3-4-13(21)15(23)14(10)22/h3-4,9,21-23H,5-8H2,1-2H3,(H,18,19,24). The summed E-state index contributed by atoms with van der Waals surface area (Å²) < 4.78 is 0. The number of fused-ring (bicyclic) bond motifs is 1. The third-order valence-corrected chi connectivity index (χ3v) is 4.32. The van der Waals surface area contributed by atoms with E-state index in [1.807, 2.05) is 18.7 Å². The largest absolute Gasteiger partial charge is 0.504 e. The summed E-state index contributed by atoms with van der Waals surface area (Å²) in [6, 6.07) is 2.90. The normalized spacial score (nSPS) is 14.8. The molecule has 0 radical (unpaired) electrons. The highest BCUT2D eigenvalue weighted by molar-refractivity contribution is 5.53. The van der Waals surface area contributed by atoms with Gasteiger partial charge in [0.05, 0.1) is 11.3 Å². The summed E-state index contributed by atoms with van der Waals surface area (Å²) in [7, 11) is 0. The molecule has 0 fully saturated rings. The maximum atomic E-state index is 12.3. The Morgan fingerprint density at radius 2 is 2.00 bits per heavy atom. The van der Waals surface area contributed by atoms with E-state index in [0.29, 0.717) is 43.0 Å². The van der Waals surface area contributed by atoms with Crippen molar-refractivity contribution in [2.75, 3.05) is 6.54 Å². The zero-order chi connectivity index (χ0) is 17.4. The number of aromatic hydroxyl groups is 3. The van der Waals surface area contributed by atoms with Gasteiger partial charge in [0.1, 0.15) is 5.82 Å². The van der Waals surface area contributed by atoms with Gasteiger partial charge in [0.2, 0.25) is 5.75 Å². The number of aromatic nitrogens is 2. The number of phenols is 3. The Hall–Kier alpha value is -2.54. The minimum absolute atomic E-state index is 0.119. The van der Waals surface area contributed by atoms with Crippen molar-refractivity contribution in [2.45, 2.75) is 39.3 Å². The molecule has 0 atom stereocenters. The highest BCUT2D eigenvalue weighted by Gasteiger charge is 2.23. The van der Waals surface area contributed by atoms with Gasteiger partial charge in [-0.1, -0.05) is 19.9 Å². The van der Waals surface area contributed by atoms with Crippen molar-refractivity contribution in [3.05, 3.63) is 45.1 Å². The summed E-state index contributed by atoms with van der Waals surface area (Å²) in [4.78, 5) is 21.7. The predicted molar refractivity (Wildman–Crippen MR) is 88.2 cm³/mol. The predicted octanol–water partition coefficient (Wildman–Crippen LogP) is 1.57. The second-order valence-corrected chi connectivity index (χ2v) is 6.43. The highest BCUT2D eigenvalue weighted by Crippen LogP contribution is 2.37. The Morgan fingerprint density at radius 3 is 2.71 bits per heavy atom. The third kappa shape index (κ3) is 2.94. The van der Waals surface area contributed by atoms with Gasteiger partial charge in [-0.05, 0) is 6.07 Å². The van der Waals surface area contributed by atoms with Crippen LogP contribution in [0.3, 0.4) is 0 Å². The van der Waals surface area contributed by atoms with Crippen LogP contribution in [0.1, 0.15) is 42.4 Å². The molecule has 4 N–H and O–H groups in total. The molecule has 1 aromatic carbocycles. The van der Waals surface area contributed by atoms with Gasteiger partial charge in [-0.3, -0.25) is 9.69 Å². The van der Waals surface area contributed by atoms with E-state index in [2.05, 4.69) is 9.97 Å². The van der Waals surface area contributed by atoms with E-state index < -0.39 is 5.75 Å². The zero-order valence-electron chi connectivity index (χ0n) is 13.7. The highest BCUT2D eigenvalue weighted by atomic mass is 16.3. The Bertz CT molecular complexity index is 829. The SMILES string of the molecule is CC(C)c1nc2c(c(=O)[nH]1)CN(Cc1ccc(O)c(O)c1O)CC2. The van der Waals surface area contributed by atoms with E-state index >= 15 is 0 Å². The van der Waals surface area contributed by atoms with Crippen molar-refractivity contribution in [3.8, 4) is 17.2 Å². The molecular formula is C17H21N3O4. The number of phenolic OH excluding ortho intramolecular Hbond substituents is 3. The van der Waals surface area contributed by atoms with Crippen molar-refractivity contribution in [3.63, 3.8) is 0 Å². The molecule has 3 rings (SSSR count). The molecule has 0 bridgehead atoms. The second kappa shape index (κ2) is 6.16. The summed E-state index contributed by atoms with van der Waals surface area (Å²) in [5, 5.41) is 28.9. The Kier molecular flexibility index (Phi) is 4.19. The van der Waals surface area contributed by atoms with Crippen molar-refractivity contribution < 1.29 is 15.3 Å². The monoisotopic (exact) mass is 331 g/mol. The number of hydrogen-bond donors (Lipinski definition) is 4. The Labute approximate surface area is 139 Å². The van der Waals surface area contributed by atoms with Crippen LogP contribution in [0.25, 0.3) is 0 Å². The molecule has 1 aliphatic rings. The fourth-order valence-electron chi connectivity index (χ4n) is 2.89. The van der Waals surface area contributed by atoms with Gasteiger partial charge in [-0.2, -0.15) is 0 Å². The first-order valence-electron chi connectivity index (χ1n) is 7.94. The smallest absolute Gasteiger partial charge is 0.255 e. The first-order chi connectivity index (χ1) is 11.4. The van der Waals surface area contributed by atoms with Crippen LogP contribution in [-0.2, 0) is 19.5 Å². The van der Waals surface area contributed by atoms with Gasteiger partial charge in [0.15, 0.2) is 11.5 Å². The van der Waals surface area contributed by atoms with E-state index in [9.17, 15) is 20.1 Å². The van der Waals surface area contributed by atoms with Crippen LogP contribution in [-0.4, -0.2) is 36.7 Å². The topological polar surface area (TPSA) is 110 Å². The molecule has 0 amide bonds. The molecule has 0 saturated carbocycles. The molecule has 128 valence electrons. The van der Waals surface area contributed by atoms with Crippen LogP contribution in [0.5, 0.6) is 17.2 Å². The van der Waals surface area contributed by atoms with Crippen LogP contribution < -0.4 is 5.56 Å². The first-order valence-corrected chi connectivity index (χ1v) is 7.94. The van der Waals surface area contributed by atoms with Crippen LogP contribution in [0.15, 0.2) is 16.9 Å². The fourth-order valence-corrected chi connectivity index (χ4v) is 2.89. The van der Waals surface area contributed by atoms with Gasteiger partial charge in [-0.15, -0.1) is 0 Å². The molecule has 0 unspecified atom stereocenters. The van der Waals surface area contributed by atoms with E-state index in [-0.39, 0.29) is 23.0 Å². The lowest BCUT2D eigenvalue weighted by Gasteiger charge is -2.28. The zero-order valence-corrected chi connectivity index (χ0v) is 13.7. The number of rotatable bonds is 3. The number of H-pyrrole nitrogens is 1. The summed E-state index contributed by atoms with van der Waals surface area (Å²) in [6.45, 7) is 5.46. The average Bonchev–Trinajstić information content (AvgIpc) is 2.55. The molecule has 2 aromatic rings. The van der Waals surface area contributed by atoms with Crippen LogP contribution in [0, 0.1) is 0 Å². The molecule has 0 spiro atoms. The maximum absolute atomic E-state index is 12.3. The van der Waals surface area contributed by atoms with Crippen molar-refractivity contribution in [2.24, 2.45) is 0 Å². The van der Waals surface area contributed by atoms with Gasteiger partial charge < -0.3 is 20.3 Å². The first kappa shape index (κ1) is 16.3. The van der Waals surface area contributed by atoms with Gasteiger partial charge >= 0.3 is 0 Å². The lowest BCUT2D eigenvalue weighted by atomic mass is 10.0. The molecule has 1 aromatic heterocycles. The molecule has 7 heteroatoms. The van der Waals surface area contributed by atoms with Crippen LogP contribution in [0.2, 0.25) is 0 Å². The molecular weight excluding hydrogens is 310 g/mol. The number of aromatic amines is 1. The molecule has 7 nitrogen and oxygen atoms in total. The Balaban J connectivity index is 1.83. The number of nitrogens with one attached hydrogen (secondary N) is 1. The van der Waals surface area contributed by atoms with Crippen LogP contribution in [0.4, 0.5) is 0 Å². The van der Waals surface area contributed by atoms with Gasteiger partial charge in [-0.25, -0.2) is 4.98 Å². The van der Waals surface area contributed by atoms with Crippen molar-refractivity contribution >= 4 is 0 Å². The molecule has 0 aliphatic carbocycles. The van der Waals surface area contributed by atoms with Gasteiger partial charge in [0.25, 0.3) is 5.56 Å². The quantitative estimate of drug-likeness (QED) is 0.636. The summed E-state index contributed by atoms with van der Waals surface area (Å²) in [5.74, 6) is -0.345. The third-order valence-electron chi connectivity index (χ3n) is 4.32.